The van der Waals surface area contributed by atoms with E-state index >= 15 is 0 Å². The van der Waals surface area contributed by atoms with Crippen LogP contribution in [0, 0.1) is 5.41 Å². The van der Waals surface area contributed by atoms with Gasteiger partial charge in [0, 0.05) is 6.54 Å². The fourth-order valence-electron chi connectivity index (χ4n) is 2.50. The number of sulfonamides is 1. The van der Waals surface area contributed by atoms with Gasteiger partial charge in [-0.2, -0.15) is 0 Å². The van der Waals surface area contributed by atoms with Crippen molar-refractivity contribution in [2.75, 3.05) is 32.1 Å². The van der Waals surface area contributed by atoms with Gasteiger partial charge in [0.15, 0.2) is 0 Å². The fraction of sp³-hybridized carbons (Fsp3) is 0.571. The van der Waals surface area contributed by atoms with Gasteiger partial charge >= 0.3 is 0 Å². The third kappa shape index (κ3) is 3.94. The minimum Gasteiger partial charge on any atom is -0.323 e. The Balaban J connectivity index is 2.08. The largest absolute Gasteiger partial charge is 0.323 e. The number of nitrogens with zero attached hydrogens (tertiary/aromatic N) is 1. The molecule has 0 bridgehead atoms. The Kier molecular flexibility index (Phi) is 4.88. The minimum absolute atomic E-state index is 0.00463. The van der Waals surface area contributed by atoms with Crippen molar-refractivity contribution in [1.82, 2.24) is 9.62 Å². The van der Waals surface area contributed by atoms with E-state index in [0.717, 1.165) is 25.9 Å². The Hall–Kier alpha value is -1.15. The average molecular weight is 312 g/mol. The Morgan fingerprint density at radius 1 is 1.29 bits per heavy atom. The molecule has 1 aliphatic heterocycles. The second-order valence-corrected chi connectivity index (χ2v) is 7.81. The SMILES string of the molecule is CN1CCC(C)(CNS(=O)(=O)c2ccccc2NN)CC1. The number of hydrogen-bond donors (Lipinski definition) is 3. The van der Waals surface area contributed by atoms with Crippen LogP contribution in [0.1, 0.15) is 19.8 Å². The summed E-state index contributed by atoms with van der Waals surface area (Å²) in [4.78, 5) is 2.45. The highest BCUT2D eigenvalue weighted by atomic mass is 32.2. The molecule has 21 heavy (non-hydrogen) atoms. The molecule has 1 heterocycles. The van der Waals surface area contributed by atoms with Crippen molar-refractivity contribution in [2.45, 2.75) is 24.7 Å². The molecular weight excluding hydrogens is 288 g/mol. The average Bonchev–Trinajstić information content (AvgIpc) is 2.49. The molecule has 2 rings (SSSR count). The van der Waals surface area contributed by atoms with Crippen molar-refractivity contribution in [3.63, 3.8) is 0 Å². The predicted octanol–water partition coefficient (Wildman–Crippen LogP) is 0.982. The Labute approximate surface area is 126 Å². The lowest BCUT2D eigenvalue weighted by atomic mass is 9.81. The molecule has 0 saturated carbocycles. The molecule has 1 fully saturated rings. The molecule has 4 N–H and O–H groups in total. The molecule has 1 aliphatic rings. The van der Waals surface area contributed by atoms with Crippen molar-refractivity contribution < 1.29 is 8.42 Å². The number of nitrogens with one attached hydrogen (secondary N) is 2. The molecule has 7 heteroatoms. The Morgan fingerprint density at radius 2 is 1.90 bits per heavy atom. The predicted molar refractivity (Wildman–Crippen MR) is 84.3 cm³/mol. The number of hydrogen-bond acceptors (Lipinski definition) is 5. The number of piperidine rings is 1. The van der Waals surface area contributed by atoms with Gasteiger partial charge < -0.3 is 10.3 Å². The quantitative estimate of drug-likeness (QED) is 0.557. The van der Waals surface area contributed by atoms with Crippen LogP contribution < -0.4 is 16.0 Å². The second kappa shape index (κ2) is 6.31. The van der Waals surface area contributed by atoms with Crippen molar-refractivity contribution in [2.24, 2.45) is 11.3 Å². The molecule has 0 aromatic heterocycles. The molecule has 1 aromatic rings. The number of nitrogens with two attached hydrogens (primary N) is 1. The summed E-state index contributed by atoms with van der Waals surface area (Å²) in [5.74, 6) is 5.38. The molecule has 0 unspecified atom stereocenters. The van der Waals surface area contributed by atoms with Crippen LogP contribution in [0.25, 0.3) is 0 Å². The van der Waals surface area contributed by atoms with Crippen molar-refractivity contribution in [3.05, 3.63) is 24.3 Å². The van der Waals surface area contributed by atoms with Gasteiger partial charge in [-0.3, -0.25) is 5.84 Å². The van der Waals surface area contributed by atoms with E-state index in [9.17, 15) is 8.42 Å². The zero-order valence-electron chi connectivity index (χ0n) is 12.6. The zero-order chi connectivity index (χ0) is 15.5. The summed E-state index contributed by atoms with van der Waals surface area (Å²) in [5.41, 5.74) is 2.84. The molecular formula is C14H24N4O2S. The minimum atomic E-state index is -3.56. The summed E-state index contributed by atoms with van der Waals surface area (Å²) in [7, 11) is -1.47. The van der Waals surface area contributed by atoms with Crippen molar-refractivity contribution >= 4 is 15.7 Å². The van der Waals surface area contributed by atoms with Gasteiger partial charge in [0.1, 0.15) is 4.90 Å². The van der Waals surface area contributed by atoms with E-state index in [1.54, 1.807) is 24.3 Å². The number of nitrogen functional groups attached to an aromatic ring is 1. The summed E-state index contributed by atoms with van der Waals surface area (Å²) >= 11 is 0. The monoisotopic (exact) mass is 312 g/mol. The lowest BCUT2D eigenvalue weighted by molar-refractivity contribution is 0.143. The molecule has 0 atom stereocenters. The van der Waals surface area contributed by atoms with Gasteiger partial charge in [-0.25, -0.2) is 13.1 Å². The maximum Gasteiger partial charge on any atom is 0.242 e. The summed E-state index contributed by atoms with van der Waals surface area (Å²) in [6, 6.07) is 6.62. The maximum absolute atomic E-state index is 12.4. The van der Waals surface area contributed by atoms with Gasteiger partial charge in [-0.15, -0.1) is 0 Å². The van der Waals surface area contributed by atoms with Crippen molar-refractivity contribution in [3.8, 4) is 0 Å². The van der Waals surface area contributed by atoms with Crippen LogP contribution in [0.15, 0.2) is 29.2 Å². The van der Waals surface area contributed by atoms with Gasteiger partial charge in [0.25, 0.3) is 0 Å². The van der Waals surface area contributed by atoms with E-state index < -0.39 is 10.0 Å². The first kappa shape index (κ1) is 16.2. The molecule has 0 amide bonds. The fourth-order valence-corrected chi connectivity index (χ4v) is 3.87. The number of benzene rings is 1. The number of anilines is 1. The van der Waals surface area contributed by atoms with E-state index in [-0.39, 0.29) is 10.3 Å². The van der Waals surface area contributed by atoms with E-state index in [4.69, 9.17) is 5.84 Å². The second-order valence-electron chi connectivity index (χ2n) is 6.08. The highest BCUT2D eigenvalue weighted by Gasteiger charge is 2.30. The van der Waals surface area contributed by atoms with Gasteiger partial charge in [-0.1, -0.05) is 19.1 Å². The first-order valence-electron chi connectivity index (χ1n) is 7.10. The van der Waals surface area contributed by atoms with E-state index in [1.165, 1.54) is 0 Å². The maximum atomic E-state index is 12.4. The third-order valence-corrected chi connectivity index (χ3v) is 5.67. The Bertz CT molecular complexity index is 580. The van der Waals surface area contributed by atoms with Gasteiger partial charge in [-0.05, 0) is 50.5 Å². The molecule has 0 radical (unpaired) electrons. The lowest BCUT2D eigenvalue weighted by Crippen LogP contribution is -2.43. The first-order valence-corrected chi connectivity index (χ1v) is 8.58. The van der Waals surface area contributed by atoms with Gasteiger partial charge in [0.05, 0.1) is 5.69 Å². The molecule has 118 valence electrons. The lowest BCUT2D eigenvalue weighted by Gasteiger charge is -2.37. The molecule has 0 aliphatic carbocycles. The Morgan fingerprint density at radius 3 is 2.52 bits per heavy atom. The smallest absolute Gasteiger partial charge is 0.242 e. The summed E-state index contributed by atoms with van der Waals surface area (Å²) in [6.45, 7) is 4.58. The number of hydrazine groups is 1. The molecule has 6 nitrogen and oxygen atoms in total. The van der Waals surface area contributed by atoms with Crippen LogP contribution >= 0.6 is 0 Å². The normalized spacial score (nSPS) is 19.4. The molecule has 1 saturated heterocycles. The summed E-state index contributed by atoms with van der Waals surface area (Å²) < 4.78 is 27.6. The topological polar surface area (TPSA) is 87.5 Å². The molecule has 1 aromatic carbocycles. The van der Waals surface area contributed by atoms with E-state index in [2.05, 4.69) is 29.0 Å². The highest BCUT2D eigenvalue weighted by Crippen LogP contribution is 2.30. The first-order chi connectivity index (χ1) is 9.86. The van der Waals surface area contributed by atoms with Gasteiger partial charge in [0.2, 0.25) is 10.0 Å². The molecule has 0 spiro atoms. The van der Waals surface area contributed by atoms with Crippen LogP contribution in [0.3, 0.4) is 0 Å². The highest BCUT2D eigenvalue weighted by molar-refractivity contribution is 7.89. The van der Waals surface area contributed by atoms with Crippen LogP contribution in [0.2, 0.25) is 0 Å². The number of likely N-dealkylation sites (tertiary alicyclic amines) is 1. The van der Waals surface area contributed by atoms with E-state index in [0.29, 0.717) is 12.2 Å². The van der Waals surface area contributed by atoms with Crippen molar-refractivity contribution in [1.29, 1.82) is 0 Å². The summed E-state index contributed by atoms with van der Waals surface area (Å²) in [5, 5.41) is 0. The van der Waals surface area contributed by atoms with Crippen LogP contribution in [-0.4, -0.2) is 40.0 Å². The zero-order valence-corrected chi connectivity index (χ0v) is 13.4. The van der Waals surface area contributed by atoms with Crippen LogP contribution in [0.5, 0.6) is 0 Å². The number of rotatable bonds is 5. The number of para-hydroxylation sites is 1. The standard InChI is InChI=1S/C14H24N4O2S/c1-14(7-9-18(2)10-8-14)11-16-21(19,20)13-6-4-3-5-12(13)17-15/h3-6,16-17H,7-11,15H2,1-2H3. The van der Waals surface area contributed by atoms with E-state index in [1.807, 2.05) is 0 Å². The van der Waals surface area contributed by atoms with Crippen LogP contribution in [0.4, 0.5) is 5.69 Å². The van der Waals surface area contributed by atoms with Crippen LogP contribution in [-0.2, 0) is 10.0 Å². The summed E-state index contributed by atoms with van der Waals surface area (Å²) in [6.07, 6.45) is 1.98. The third-order valence-electron chi connectivity index (χ3n) is 4.22.